The number of aliphatic imine (C=N–C) groups is 1. The van der Waals surface area contributed by atoms with Crippen LogP contribution in [0.25, 0.3) is 0 Å². The van der Waals surface area contributed by atoms with Crippen LogP contribution < -0.4 is 5.90 Å². The van der Waals surface area contributed by atoms with Crippen LogP contribution in [0.2, 0.25) is 0 Å². The molecule has 12 heavy (non-hydrogen) atoms. The monoisotopic (exact) mass is 170 g/mol. The van der Waals surface area contributed by atoms with Gasteiger partial charge in [0, 0.05) is 11.1 Å². The lowest BCUT2D eigenvalue weighted by Crippen LogP contribution is -2.26. The predicted octanol–water partition coefficient (Wildman–Crippen LogP) is 2.25. The molecule has 0 radical (unpaired) electrons. The molecule has 0 aliphatic rings. The zero-order chi connectivity index (χ0) is 9.78. The SMILES string of the molecule is C/C=C(C)\N=C(/ON)C(C)(C)C. The largest absolute Gasteiger partial charge is 0.395 e. The summed E-state index contributed by atoms with van der Waals surface area (Å²) in [5.74, 6) is 5.66. The van der Waals surface area contributed by atoms with Gasteiger partial charge in [-0.2, -0.15) is 5.90 Å². The second-order valence-corrected chi connectivity index (χ2v) is 3.71. The van der Waals surface area contributed by atoms with E-state index in [1.165, 1.54) is 0 Å². The van der Waals surface area contributed by atoms with Crippen molar-refractivity contribution in [3.05, 3.63) is 11.8 Å². The van der Waals surface area contributed by atoms with Gasteiger partial charge in [0.1, 0.15) is 0 Å². The van der Waals surface area contributed by atoms with E-state index in [0.29, 0.717) is 5.90 Å². The highest BCUT2D eigenvalue weighted by Crippen LogP contribution is 2.17. The van der Waals surface area contributed by atoms with Gasteiger partial charge in [0.05, 0.1) is 0 Å². The van der Waals surface area contributed by atoms with Crippen LogP contribution in [0.3, 0.4) is 0 Å². The molecule has 3 heteroatoms. The van der Waals surface area contributed by atoms with E-state index in [9.17, 15) is 0 Å². The Morgan fingerprint density at radius 1 is 1.42 bits per heavy atom. The maximum atomic E-state index is 5.10. The molecule has 0 aliphatic carbocycles. The van der Waals surface area contributed by atoms with Crippen molar-refractivity contribution in [2.24, 2.45) is 16.3 Å². The van der Waals surface area contributed by atoms with Crippen molar-refractivity contribution >= 4 is 5.90 Å². The van der Waals surface area contributed by atoms with Gasteiger partial charge in [0.25, 0.3) is 0 Å². The van der Waals surface area contributed by atoms with E-state index in [1.54, 1.807) is 0 Å². The maximum Gasteiger partial charge on any atom is 0.219 e. The zero-order valence-corrected chi connectivity index (χ0v) is 8.51. The van der Waals surface area contributed by atoms with Crippen molar-refractivity contribution < 1.29 is 4.84 Å². The Hall–Kier alpha value is -0.830. The summed E-state index contributed by atoms with van der Waals surface area (Å²) in [6.07, 6.45) is 1.91. The van der Waals surface area contributed by atoms with Gasteiger partial charge in [0.2, 0.25) is 5.90 Å². The molecule has 0 amide bonds. The first kappa shape index (κ1) is 11.2. The number of hydrogen-bond acceptors (Lipinski definition) is 3. The van der Waals surface area contributed by atoms with E-state index >= 15 is 0 Å². The number of nitrogens with two attached hydrogens (primary N) is 1. The Balaban J connectivity index is 4.68. The van der Waals surface area contributed by atoms with Gasteiger partial charge >= 0.3 is 0 Å². The molecular weight excluding hydrogens is 152 g/mol. The predicted molar refractivity (Wildman–Crippen MR) is 51.6 cm³/mol. The molecule has 70 valence electrons. The van der Waals surface area contributed by atoms with Gasteiger partial charge in [-0.25, -0.2) is 4.99 Å². The summed E-state index contributed by atoms with van der Waals surface area (Å²) in [5, 5.41) is 0. The van der Waals surface area contributed by atoms with Gasteiger partial charge in [0.15, 0.2) is 0 Å². The van der Waals surface area contributed by atoms with Crippen LogP contribution >= 0.6 is 0 Å². The summed E-state index contributed by atoms with van der Waals surface area (Å²) in [6, 6.07) is 0. The average Bonchev–Trinajstić information content (AvgIpc) is 1.97. The van der Waals surface area contributed by atoms with E-state index in [-0.39, 0.29) is 5.41 Å². The molecule has 0 unspecified atom stereocenters. The van der Waals surface area contributed by atoms with Gasteiger partial charge in [-0.05, 0) is 13.8 Å². The fourth-order valence-corrected chi connectivity index (χ4v) is 0.596. The molecule has 0 saturated carbocycles. The summed E-state index contributed by atoms with van der Waals surface area (Å²) in [4.78, 5) is 8.91. The molecule has 0 atom stereocenters. The van der Waals surface area contributed by atoms with Crippen molar-refractivity contribution in [1.29, 1.82) is 0 Å². The Morgan fingerprint density at radius 3 is 2.17 bits per heavy atom. The minimum atomic E-state index is -0.140. The van der Waals surface area contributed by atoms with Crippen LogP contribution in [0.4, 0.5) is 0 Å². The lowest BCUT2D eigenvalue weighted by atomic mass is 9.97. The molecule has 0 heterocycles. The first-order valence-electron chi connectivity index (χ1n) is 4.00. The van der Waals surface area contributed by atoms with Crippen LogP contribution in [0.15, 0.2) is 16.8 Å². The van der Waals surface area contributed by atoms with E-state index in [0.717, 1.165) is 5.70 Å². The van der Waals surface area contributed by atoms with Crippen LogP contribution in [-0.4, -0.2) is 5.90 Å². The van der Waals surface area contributed by atoms with E-state index in [4.69, 9.17) is 10.7 Å². The molecule has 0 aromatic heterocycles. The van der Waals surface area contributed by atoms with Crippen LogP contribution in [0, 0.1) is 5.41 Å². The highest BCUT2D eigenvalue weighted by molar-refractivity contribution is 5.82. The topological polar surface area (TPSA) is 47.6 Å². The van der Waals surface area contributed by atoms with E-state index < -0.39 is 0 Å². The summed E-state index contributed by atoms with van der Waals surface area (Å²) in [6.45, 7) is 9.84. The Labute approximate surface area is 74.3 Å². The smallest absolute Gasteiger partial charge is 0.219 e. The molecule has 0 fully saturated rings. The van der Waals surface area contributed by atoms with Crippen LogP contribution in [-0.2, 0) is 4.84 Å². The van der Waals surface area contributed by atoms with Gasteiger partial charge < -0.3 is 4.84 Å². The van der Waals surface area contributed by atoms with Crippen LogP contribution in [0.1, 0.15) is 34.6 Å². The summed E-state index contributed by atoms with van der Waals surface area (Å²) < 4.78 is 0. The van der Waals surface area contributed by atoms with Crippen LogP contribution in [0.5, 0.6) is 0 Å². The molecule has 0 aromatic carbocycles. The second kappa shape index (κ2) is 4.26. The maximum absolute atomic E-state index is 5.10. The van der Waals surface area contributed by atoms with Crippen molar-refractivity contribution in [2.75, 3.05) is 0 Å². The number of rotatable bonds is 1. The summed E-state index contributed by atoms with van der Waals surface area (Å²) in [7, 11) is 0. The van der Waals surface area contributed by atoms with Gasteiger partial charge in [-0.3, -0.25) is 0 Å². The van der Waals surface area contributed by atoms with Crippen molar-refractivity contribution in [3.8, 4) is 0 Å². The molecular formula is C9H18N2O. The standard InChI is InChI=1S/C9H18N2O/c1-6-7(2)11-8(12-10)9(3,4)5/h6H,10H2,1-5H3/b7-6-,11-8-. The summed E-state index contributed by atoms with van der Waals surface area (Å²) >= 11 is 0. The fourth-order valence-electron chi connectivity index (χ4n) is 0.596. The number of allylic oxidation sites excluding steroid dienone is 2. The second-order valence-electron chi connectivity index (χ2n) is 3.71. The lowest BCUT2D eigenvalue weighted by Gasteiger charge is -2.18. The van der Waals surface area contributed by atoms with Gasteiger partial charge in [-0.15, -0.1) is 0 Å². The minimum absolute atomic E-state index is 0.140. The third-order valence-electron chi connectivity index (χ3n) is 1.45. The summed E-state index contributed by atoms with van der Waals surface area (Å²) in [5.41, 5.74) is 0.768. The molecule has 0 aliphatic heterocycles. The highest BCUT2D eigenvalue weighted by Gasteiger charge is 2.20. The number of nitrogens with zero attached hydrogens (tertiary/aromatic N) is 1. The van der Waals surface area contributed by atoms with Crippen molar-refractivity contribution in [2.45, 2.75) is 34.6 Å². The average molecular weight is 170 g/mol. The normalized spacial score (nSPS) is 14.8. The molecule has 0 bridgehead atoms. The third-order valence-corrected chi connectivity index (χ3v) is 1.45. The van der Waals surface area contributed by atoms with E-state index in [2.05, 4.69) is 4.99 Å². The fraction of sp³-hybridized carbons (Fsp3) is 0.667. The highest BCUT2D eigenvalue weighted by atomic mass is 16.6. The lowest BCUT2D eigenvalue weighted by molar-refractivity contribution is 0.273. The quantitative estimate of drug-likeness (QED) is 0.372. The number of hydrogen-bond donors (Lipinski definition) is 1. The van der Waals surface area contributed by atoms with E-state index in [1.807, 2.05) is 40.7 Å². The first-order valence-corrected chi connectivity index (χ1v) is 4.00. The molecule has 2 N–H and O–H groups in total. The van der Waals surface area contributed by atoms with Gasteiger partial charge in [-0.1, -0.05) is 26.8 Å². The molecule has 0 spiro atoms. The Morgan fingerprint density at radius 2 is 1.92 bits per heavy atom. The molecule has 3 nitrogen and oxygen atoms in total. The third kappa shape index (κ3) is 3.53. The molecule has 0 rings (SSSR count). The Kier molecular flexibility index (Phi) is 3.96. The van der Waals surface area contributed by atoms with Crippen molar-refractivity contribution in [1.82, 2.24) is 0 Å². The molecule has 0 saturated heterocycles. The minimum Gasteiger partial charge on any atom is -0.395 e. The zero-order valence-electron chi connectivity index (χ0n) is 8.51. The van der Waals surface area contributed by atoms with Crippen molar-refractivity contribution in [3.63, 3.8) is 0 Å². The molecule has 0 aromatic rings. The Bertz CT molecular complexity index is 199. The first-order chi connectivity index (χ1) is 5.41.